The molecule has 0 spiro atoms. The molecule has 188 valence electrons. The summed E-state index contributed by atoms with van der Waals surface area (Å²) in [6.07, 6.45) is 3.82. The Balaban J connectivity index is 2.96. The van der Waals surface area contributed by atoms with Gasteiger partial charge in [-0.1, -0.05) is 0 Å². The molecule has 0 saturated carbocycles. The van der Waals surface area contributed by atoms with Gasteiger partial charge in [0.1, 0.15) is 18.1 Å². The van der Waals surface area contributed by atoms with Crippen LogP contribution in [0.1, 0.15) is 44.9 Å². The van der Waals surface area contributed by atoms with Crippen LogP contribution >= 0.6 is 11.8 Å². The molecule has 1 heterocycles. The minimum atomic E-state index is -1.32. The molecule has 13 heteroatoms. The van der Waals surface area contributed by atoms with Gasteiger partial charge in [0.15, 0.2) is 0 Å². The highest BCUT2D eigenvalue weighted by Crippen LogP contribution is 2.20. The Bertz CT molecular complexity index is 708. The Hall–Kier alpha value is -2.38. The van der Waals surface area contributed by atoms with Crippen LogP contribution in [0.5, 0.6) is 0 Å². The molecular formula is C20H35N5O7S. The molecule has 33 heavy (non-hydrogen) atoms. The van der Waals surface area contributed by atoms with Crippen molar-refractivity contribution in [3.05, 3.63) is 0 Å². The first-order valence-corrected chi connectivity index (χ1v) is 12.3. The molecule has 4 atom stereocenters. The first-order chi connectivity index (χ1) is 15.6. The number of nitrogens with zero attached hydrogens (tertiary/aromatic N) is 1. The lowest BCUT2D eigenvalue weighted by molar-refractivity contribution is -0.149. The lowest BCUT2D eigenvalue weighted by Gasteiger charge is -2.29. The number of thioether (sulfide) groups is 1. The minimum Gasteiger partial charge on any atom is -0.481 e. The molecule has 0 aliphatic carbocycles. The van der Waals surface area contributed by atoms with E-state index in [1.807, 2.05) is 6.26 Å². The molecule has 4 unspecified atom stereocenters. The second-order valence-corrected chi connectivity index (χ2v) is 8.91. The fourth-order valence-corrected chi connectivity index (χ4v) is 4.05. The minimum absolute atomic E-state index is 0.240. The zero-order chi connectivity index (χ0) is 25.0. The summed E-state index contributed by atoms with van der Waals surface area (Å²) in [5.41, 5.74) is 11.1. The van der Waals surface area contributed by atoms with Crippen molar-refractivity contribution < 1.29 is 34.2 Å². The van der Waals surface area contributed by atoms with Crippen molar-refractivity contribution in [3.8, 4) is 0 Å². The molecule has 0 aromatic heterocycles. The lowest BCUT2D eigenvalue weighted by atomic mass is 10.1. The van der Waals surface area contributed by atoms with E-state index in [9.17, 15) is 29.1 Å². The molecule has 12 nitrogen and oxygen atoms in total. The number of aliphatic carboxylic acids is 2. The number of carboxylic acid groups (broad SMARTS) is 2. The van der Waals surface area contributed by atoms with Crippen LogP contribution in [0.3, 0.4) is 0 Å². The summed E-state index contributed by atoms with van der Waals surface area (Å²) in [6.45, 7) is 0.694. The molecule has 0 aromatic rings. The number of hydrogen-bond donors (Lipinski definition) is 6. The van der Waals surface area contributed by atoms with Crippen molar-refractivity contribution >= 4 is 41.4 Å². The Morgan fingerprint density at radius 2 is 1.73 bits per heavy atom. The van der Waals surface area contributed by atoms with Crippen LogP contribution in [0.15, 0.2) is 0 Å². The van der Waals surface area contributed by atoms with Gasteiger partial charge in [0.2, 0.25) is 17.7 Å². The topological polar surface area (TPSA) is 205 Å². The average Bonchev–Trinajstić information content (AvgIpc) is 3.25. The first-order valence-electron chi connectivity index (χ1n) is 10.9. The van der Waals surface area contributed by atoms with Gasteiger partial charge in [0.25, 0.3) is 0 Å². The second-order valence-electron chi connectivity index (χ2n) is 7.92. The van der Waals surface area contributed by atoms with E-state index in [2.05, 4.69) is 10.6 Å². The number of carbonyl (C=O) groups excluding carboxylic acids is 3. The zero-order valence-corrected chi connectivity index (χ0v) is 19.6. The summed E-state index contributed by atoms with van der Waals surface area (Å²) in [5, 5.41) is 23.4. The number of unbranched alkanes of at least 4 members (excludes halogenated alkanes) is 1. The maximum absolute atomic E-state index is 13.1. The Morgan fingerprint density at radius 3 is 2.30 bits per heavy atom. The third-order valence-corrected chi connectivity index (χ3v) is 6.00. The van der Waals surface area contributed by atoms with Crippen molar-refractivity contribution in [2.24, 2.45) is 11.5 Å². The average molecular weight is 490 g/mol. The highest BCUT2D eigenvalue weighted by molar-refractivity contribution is 7.98. The van der Waals surface area contributed by atoms with E-state index in [1.54, 1.807) is 0 Å². The van der Waals surface area contributed by atoms with E-state index >= 15 is 0 Å². The molecule has 0 bridgehead atoms. The smallest absolute Gasteiger partial charge is 0.326 e. The Labute approximate surface area is 197 Å². The van der Waals surface area contributed by atoms with E-state index in [1.165, 1.54) is 16.7 Å². The maximum Gasteiger partial charge on any atom is 0.326 e. The molecule has 8 N–H and O–H groups in total. The van der Waals surface area contributed by atoms with Crippen LogP contribution in [0.25, 0.3) is 0 Å². The summed E-state index contributed by atoms with van der Waals surface area (Å²) in [6, 6.07) is -4.25. The van der Waals surface area contributed by atoms with Crippen LogP contribution < -0.4 is 22.1 Å². The maximum atomic E-state index is 13.1. The second kappa shape index (κ2) is 14.7. The summed E-state index contributed by atoms with van der Waals surface area (Å²) >= 11 is 1.45. The zero-order valence-electron chi connectivity index (χ0n) is 18.8. The number of rotatable bonds is 15. The van der Waals surface area contributed by atoms with E-state index < -0.39 is 60.2 Å². The van der Waals surface area contributed by atoms with Crippen LogP contribution in [0, 0.1) is 0 Å². The fraction of sp³-hybridized carbons (Fsp3) is 0.750. The van der Waals surface area contributed by atoms with Gasteiger partial charge in [-0.25, -0.2) is 4.79 Å². The van der Waals surface area contributed by atoms with Gasteiger partial charge in [-0.05, 0) is 57.1 Å². The van der Waals surface area contributed by atoms with Gasteiger partial charge in [-0.3, -0.25) is 19.2 Å². The van der Waals surface area contributed by atoms with Crippen molar-refractivity contribution in [3.63, 3.8) is 0 Å². The molecule has 1 rings (SSSR count). The molecule has 0 radical (unpaired) electrons. The number of likely N-dealkylation sites (tertiary alicyclic amines) is 1. The predicted octanol–water partition coefficient (Wildman–Crippen LogP) is -1.28. The Morgan fingerprint density at radius 1 is 1.06 bits per heavy atom. The number of carboxylic acids is 2. The number of hydrogen-bond acceptors (Lipinski definition) is 8. The standard InChI is InChI=1S/C20H35N5O7S/c1-33-10-7-13(23-17(28)12(22)11-16(26)27)18(29)24-14(5-2-3-8-21)19(30)25-9-4-6-15(25)20(31)32/h12-15H,2-11,21-22H2,1H3,(H,23,28)(H,24,29)(H,26,27)(H,31,32). The largest absolute Gasteiger partial charge is 0.481 e. The van der Waals surface area contributed by atoms with Crippen molar-refractivity contribution in [2.75, 3.05) is 25.1 Å². The number of amides is 3. The number of nitrogens with two attached hydrogens (primary N) is 2. The van der Waals surface area contributed by atoms with Crippen molar-refractivity contribution in [1.29, 1.82) is 0 Å². The van der Waals surface area contributed by atoms with Crippen LogP contribution in [0.2, 0.25) is 0 Å². The third-order valence-electron chi connectivity index (χ3n) is 5.36. The molecule has 1 saturated heterocycles. The first kappa shape index (κ1) is 28.7. The van der Waals surface area contributed by atoms with Gasteiger partial charge >= 0.3 is 11.9 Å². The molecule has 3 amide bonds. The van der Waals surface area contributed by atoms with Crippen LogP contribution in [0.4, 0.5) is 0 Å². The highest BCUT2D eigenvalue weighted by atomic mass is 32.2. The van der Waals surface area contributed by atoms with Crippen molar-refractivity contribution in [2.45, 2.75) is 69.1 Å². The summed E-state index contributed by atoms with van der Waals surface area (Å²) in [4.78, 5) is 62.0. The summed E-state index contributed by atoms with van der Waals surface area (Å²) in [5.74, 6) is -3.70. The summed E-state index contributed by atoms with van der Waals surface area (Å²) < 4.78 is 0. The van der Waals surface area contributed by atoms with E-state index in [-0.39, 0.29) is 19.4 Å². The highest BCUT2D eigenvalue weighted by Gasteiger charge is 2.38. The molecule has 0 aromatic carbocycles. The summed E-state index contributed by atoms with van der Waals surface area (Å²) in [7, 11) is 0. The number of carbonyl (C=O) groups is 5. The van der Waals surface area contributed by atoms with Gasteiger partial charge in [0.05, 0.1) is 12.5 Å². The van der Waals surface area contributed by atoms with Gasteiger partial charge in [-0.2, -0.15) is 11.8 Å². The van der Waals surface area contributed by atoms with Crippen LogP contribution in [-0.4, -0.2) is 94.0 Å². The fourth-order valence-electron chi connectivity index (χ4n) is 3.57. The molecule has 1 fully saturated rings. The SMILES string of the molecule is CSCCC(NC(=O)C(N)CC(=O)O)C(=O)NC(CCCCN)C(=O)N1CCCC1C(=O)O. The molecule has 1 aliphatic rings. The Kier molecular flexibility index (Phi) is 12.8. The van der Waals surface area contributed by atoms with Crippen LogP contribution in [-0.2, 0) is 24.0 Å². The van der Waals surface area contributed by atoms with Crippen molar-refractivity contribution in [1.82, 2.24) is 15.5 Å². The quantitative estimate of drug-likeness (QED) is 0.150. The van der Waals surface area contributed by atoms with Gasteiger partial charge < -0.3 is 37.2 Å². The number of nitrogens with one attached hydrogen (secondary N) is 2. The van der Waals surface area contributed by atoms with E-state index in [0.29, 0.717) is 38.0 Å². The third kappa shape index (κ3) is 9.56. The lowest BCUT2D eigenvalue weighted by Crippen LogP contribution is -2.57. The predicted molar refractivity (Wildman–Crippen MR) is 122 cm³/mol. The monoisotopic (exact) mass is 489 g/mol. The van der Waals surface area contributed by atoms with E-state index in [0.717, 1.165) is 0 Å². The van der Waals surface area contributed by atoms with Gasteiger partial charge in [-0.15, -0.1) is 0 Å². The molecule has 1 aliphatic heterocycles. The normalized spacial score (nSPS) is 18.3. The molecular weight excluding hydrogens is 454 g/mol. The van der Waals surface area contributed by atoms with E-state index in [4.69, 9.17) is 16.6 Å². The van der Waals surface area contributed by atoms with Gasteiger partial charge in [0, 0.05) is 6.54 Å².